The first kappa shape index (κ1) is 13.4. The molecule has 0 aromatic heterocycles. The molecule has 0 amide bonds. The second-order valence-electron chi connectivity index (χ2n) is 4.93. The number of nitrogens with one attached hydrogen (secondary N) is 1. The van der Waals surface area contributed by atoms with E-state index in [0.717, 1.165) is 25.2 Å². The molecule has 1 atom stereocenters. The fourth-order valence-electron chi connectivity index (χ4n) is 2.44. The van der Waals surface area contributed by atoms with Crippen molar-refractivity contribution in [2.75, 3.05) is 26.2 Å². The van der Waals surface area contributed by atoms with Crippen LogP contribution in [0.15, 0.2) is 18.2 Å². The van der Waals surface area contributed by atoms with E-state index >= 15 is 0 Å². The van der Waals surface area contributed by atoms with Crippen LogP contribution in [0, 0.1) is 17.6 Å². The Labute approximate surface area is 107 Å². The van der Waals surface area contributed by atoms with E-state index in [9.17, 15) is 8.78 Å². The highest BCUT2D eigenvalue weighted by Crippen LogP contribution is 2.15. The summed E-state index contributed by atoms with van der Waals surface area (Å²) in [6, 6.07) is 4.06. The van der Waals surface area contributed by atoms with Gasteiger partial charge in [0.1, 0.15) is 0 Å². The molecule has 0 radical (unpaired) electrons. The van der Waals surface area contributed by atoms with Crippen LogP contribution in [0.3, 0.4) is 0 Å². The topological polar surface area (TPSA) is 15.3 Å². The normalized spacial score (nSPS) is 20.5. The van der Waals surface area contributed by atoms with Gasteiger partial charge in [0, 0.05) is 13.1 Å². The van der Waals surface area contributed by atoms with Crippen LogP contribution in [-0.2, 0) is 6.54 Å². The monoisotopic (exact) mass is 254 g/mol. The fourth-order valence-corrected chi connectivity index (χ4v) is 2.44. The van der Waals surface area contributed by atoms with Gasteiger partial charge in [0.15, 0.2) is 11.6 Å². The summed E-state index contributed by atoms with van der Waals surface area (Å²) in [5.74, 6) is -0.879. The number of hydrogen-bond donors (Lipinski definition) is 1. The van der Waals surface area contributed by atoms with Gasteiger partial charge in [-0.3, -0.25) is 0 Å². The predicted molar refractivity (Wildman–Crippen MR) is 68.3 cm³/mol. The lowest BCUT2D eigenvalue weighted by Crippen LogP contribution is -2.26. The fraction of sp³-hybridized carbons (Fsp3) is 0.571. The van der Waals surface area contributed by atoms with Crippen LogP contribution >= 0.6 is 0 Å². The van der Waals surface area contributed by atoms with Gasteiger partial charge < -0.3 is 10.2 Å². The molecule has 1 aromatic rings. The SMILES string of the molecule is CCN1CCC(CNCc2ccc(F)c(F)c2)C1. The van der Waals surface area contributed by atoms with Crippen molar-refractivity contribution in [3.05, 3.63) is 35.4 Å². The molecule has 1 aliphatic rings. The molecule has 0 spiro atoms. The highest BCUT2D eigenvalue weighted by Gasteiger charge is 2.20. The first-order valence-corrected chi connectivity index (χ1v) is 6.56. The van der Waals surface area contributed by atoms with E-state index in [4.69, 9.17) is 0 Å². The number of halogens is 2. The number of nitrogens with zero attached hydrogens (tertiary/aromatic N) is 1. The van der Waals surface area contributed by atoms with E-state index < -0.39 is 11.6 Å². The number of rotatable bonds is 5. The predicted octanol–water partition coefficient (Wildman–Crippen LogP) is 2.40. The summed E-state index contributed by atoms with van der Waals surface area (Å²) >= 11 is 0. The van der Waals surface area contributed by atoms with Crippen molar-refractivity contribution < 1.29 is 8.78 Å². The molecule has 0 saturated carbocycles. The van der Waals surface area contributed by atoms with Gasteiger partial charge in [0.25, 0.3) is 0 Å². The second-order valence-corrected chi connectivity index (χ2v) is 4.93. The standard InChI is InChI=1S/C14H20F2N2/c1-2-18-6-5-12(10-18)9-17-8-11-3-4-13(15)14(16)7-11/h3-4,7,12,17H,2,5-6,8-10H2,1H3. The first-order chi connectivity index (χ1) is 8.69. The van der Waals surface area contributed by atoms with E-state index in [0.29, 0.717) is 12.5 Å². The summed E-state index contributed by atoms with van der Waals surface area (Å²) in [6.07, 6.45) is 1.22. The van der Waals surface area contributed by atoms with E-state index in [1.165, 1.54) is 25.1 Å². The molecule has 1 unspecified atom stereocenters. The van der Waals surface area contributed by atoms with Crippen molar-refractivity contribution >= 4 is 0 Å². The van der Waals surface area contributed by atoms with Gasteiger partial charge in [-0.1, -0.05) is 13.0 Å². The maximum Gasteiger partial charge on any atom is 0.159 e. The maximum atomic E-state index is 13.0. The number of hydrogen-bond acceptors (Lipinski definition) is 2. The molecule has 0 aliphatic carbocycles. The summed E-state index contributed by atoms with van der Waals surface area (Å²) < 4.78 is 25.7. The minimum Gasteiger partial charge on any atom is -0.312 e. The molecule has 1 N–H and O–H groups in total. The van der Waals surface area contributed by atoms with E-state index in [1.54, 1.807) is 6.07 Å². The average molecular weight is 254 g/mol. The molecular weight excluding hydrogens is 234 g/mol. The summed E-state index contributed by atoms with van der Waals surface area (Å²) in [5.41, 5.74) is 0.791. The first-order valence-electron chi connectivity index (χ1n) is 6.56. The van der Waals surface area contributed by atoms with Crippen LogP contribution in [0.1, 0.15) is 18.9 Å². The van der Waals surface area contributed by atoms with Crippen molar-refractivity contribution in [3.63, 3.8) is 0 Å². The van der Waals surface area contributed by atoms with Crippen molar-refractivity contribution in [1.82, 2.24) is 10.2 Å². The van der Waals surface area contributed by atoms with E-state index in [1.807, 2.05) is 0 Å². The Hall–Kier alpha value is -1.00. The number of likely N-dealkylation sites (tertiary alicyclic amines) is 1. The van der Waals surface area contributed by atoms with Crippen LogP contribution in [0.4, 0.5) is 8.78 Å². The molecule has 1 fully saturated rings. The Morgan fingerprint density at radius 3 is 2.83 bits per heavy atom. The third kappa shape index (κ3) is 3.50. The average Bonchev–Trinajstić information content (AvgIpc) is 2.82. The van der Waals surface area contributed by atoms with Gasteiger partial charge in [-0.25, -0.2) is 8.78 Å². The maximum absolute atomic E-state index is 13.0. The van der Waals surface area contributed by atoms with Gasteiger partial charge in [0.05, 0.1) is 0 Å². The third-order valence-electron chi connectivity index (χ3n) is 3.56. The third-order valence-corrected chi connectivity index (χ3v) is 3.56. The Morgan fingerprint density at radius 2 is 2.17 bits per heavy atom. The van der Waals surface area contributed by atoms with Crippen molar-refractivity contribution in [3.8, 4) is 0 Å². The Balaban J connectivity index is 1.73. The van der Waals surface area contributed by atoms with Gasteiger partial charge in [-0.2, -0.15) is 0 Å². The molecule has 1 aromatic carbocycles. The summed E-state index contributed by atoms with van der Waals surface area (Å²) in [4.78, 5) is 2.43. The van der Waals surface area contributed by atoms with Crippen LogP contribution in [0.25, 0.3) is 0 Å². The van der Waals surface area contributed by atoms with Gasteiger partial charge >= 0.3 is 0 Å². The summed E-state index contributed by atoms with van der Waals surface area (Å²) in [6.45, 7) is 7.14. The van der Waals surface area contributed by atoms with Gasteiger partial charge in [0.2, 0.25) is 0 Å². The molecular formula is C14H20F2N2. The molecule has 1 heterocycles. The zero-order valence-corrected chi connectivity index (χ0v) is 10.8. The Bertz CT molecular complexity index is 395. The smallest absolute Gasteiger partial charge is 0.159 e. The zero-order chi connectivity index (χ0) is 13.0. The Kier molecular flexibility index (Phi) is 4.66. The molecule has 100 valence electrons. The minimum atomic E-state index is -0.784. The Morgan fingerprint density at radius 1 is 1.33 bits per heavy atom. The highest BCUT2D eigenvalue weighted by atomic mass is 19.2. The lowest BCUT2D eigenvalue weighted by atomic mass is 10.1. The molecule has 18 heavy (non-hydrogen) atoms. The van der Waals surface area contributed by atoms with Crippen LogP contribution in [-0.4, -0.2) is 31.1 Å². The lowest BCUT2D eigenvalue weighted by Gasteiger charge is -2.13. The lowest BCUT2D eigenvalue weighted by molar-refractivity contribution is 0.339. The quantitative estimate of drug-likeness (QED) is 0.868. The molecule has 4 heteroatoms. The van der Waals surface area contributed by atoms with Crippen molar-refractivity contribution in [2.45, 2.75) is 19.9 Å². The molecule has 0 bridgehead atoms. The molecule has 1 aliphatic heterocycles. The zero-order valence-electron chi connectivity index (χ0n) is 10.8. The molecule has 2 rings (SSSR count). The van der Waals surface area contributed by atoms with Crippen molar-refractivity contribution in [1.29, 1.82) is 0 Å². The largest absolute Gasteiger partial charge is 0.312 e. The van der Waals surface area contributed by atoms with Crippen LogP contribution in [0.2, 0.25) is 0 Å². The molecule has 2 nitrogen and oxygen atoms in total. The minimum absolute atomic E-state index is 0.597. The second kappa shape index (κ2) is 6.25. The van der Waals surface area contributed by atoms with Gasteiger partial charge in [-0.05, 0) is 49.7 Å². The van der Waals surface area contributed by atoms with E-state index in [2.05, 4.69) is 17.1 Å². The van der Waals surface area contributed by atoms with Crippen LogP contribution in [0.5, 0.6) is 0 Å². The van der Waals surface area contributed by atoms with Gasteiger partial charge in [-0.15, -0.1) is 0 Å². The highest BCUT2D eigenvalue weighted by molar-refractivity contribution is 5.17. The van der Waals surface area contributed by atoms with E-state index in [-0.39, 0.29) is 0 Å². The van der Waals surface area contributed by atoms with Crippen LogP contribution < -0.4 is 5.32 Å². The number of benzene rings is 1. The molecule has 1 saturated heterocycles. The van der Waals surface area contributed by atoms with Crippen molar-refractivity contribution in [2.24, 2.45) is 5.92 Å². The summed E-state index contributed by atoms with van der Waals surface area (Å²) in [7, 11) is 0. The summed E-state index contributed by atoms with van der Waals surface area (Å²) in [5, 5.41) is 3.32.